The van der Waals surface area contributed by atoms with E-state index in [4.69, 9.17) is 14.2 Å². The van der Waals surface area contributed by atoms with Crippen LogP contribution >= 0.6 is 0 Å². The minimum atomic E-state index is -0.134. The number of methoxy groups -OCH3 is 3. The normalized spacial score (nSPS) is 15.4. The van der Waals surface area contributed by atoms with Gasteiger partial charge in [0.15, 0.2) is 11.5 Å². The van der Waals surface area contributed by atoms with Gasteiger partial charge in [-0.15, -0.1) is 0 Å². The minimum absolute atomic E-state index is 0.134. The lowest BCUT2D eigenvalue weighted by molar-refractivity contribution is 0.354. The van der Waals surface area contributed by atoms with Gasteiger partial charge in [-0.05, 0) is 35.9 Å². The zero-order valence-corrected chi connectivity index (χ0v) is 15.3. The number of rotatable bonds is 5. The Morgan fingerprint density at radius 2 is 1.81 bits per heavy atom. The van der Waals surface area contributed by atoms with Crippen LogP contribution in [0.4, 0.5) is 5.95 Å². The van der Waals surface area contributed by atoms with Crippen molar-refractivity contribution in [3.05, 3.63) is 66.0 Å². The molecule has 0 spiro atoms. The number of anilines is 1. The summed E-state index contributed by atoms with van der Waals surface area (Å²) in [5.74, 6) is 2.83. The molecule has 1 aromatic heterocycles. The van der Waals surface area contributed by atoms with Crippen LogP contribution in [-0.2, 0) is 0 Å². The Hall–Kier alpha value is -3.48. The van der Waals surface area contributed by atoms with Gasteiger partial charge in [-0.3, -0.25) is 0 Å². The number of nitrogens with one attached hydrogen (secondary N) is 1. The summed E-state index contributed by atoms with van der Waals surface area (Å²) in [7, 11) is 4.91. The van der Waals surface area contributed by atoms with Crippen molar-refractivity contribution in [3.63, 3.8) is 0 Å². The minimum Gasteiger partial charge on any atom is -0.497 e. The Balaban J connectivity index is 1.80. The second kappa shape index (κ2) is 7.03. The average molecular weight is 364 g/mol. The van der Waals surface area contributed by atoms with Gasteiger partial charge in [-0.1, -0.05) is 18.2 Å². The summed E-state index contributed by atoms with van der Waals surface area (Å²) in [6.07, 6.45) is 3.65. The summed E-state index contributed by atoms with van der Waals surface area (Å²) in [5, 5.41) is 7.71. The van der Waals surface area contributed by atoms with Crippen LogP contribution in [0.5, 0.6) is 17.2 Å². The fraction of sp³-hybridized carbons (Fsp3) is 0.200. The number of hydrogen-bond acceptors (Lipinski definition) is 6. The van der Waals surface area contributed by atoms with E-state index >= 15 is 0 Å². The van der Waals surface area contributed by atoms with Gasteiger partial charge in [0.25, 0.3) is 0 Å². The van der Waals surface area contributed by atoms with Crippen LogP contribution in [0.1, 0.15) is 17.2 Å². The van der Waals surface area contributed by atoms with E-state index in [2.05, 4.69) is 21.5 Å². The monoisotopic (exact) mass is 364 g/mol. The van der Waals surface area contributed by atoms with Crippen LogP contribution in [0.25, 0.3) is 5.70 Å². The standard InChI is InChI=1S/C20H20N4O3/c1-25-15-6-4-5-13(9-15)16-11-17(24-20(23-16)21-12-22-24)14-7-8-18(26-2)19(10-14)27-3/h4-12,17H,1-3H3,(H,21,22,23)/t17-/m1/s1. The predicted molar refractivity (Wildman–Crippen MR) is 102 cm³/mol. The lowest BCUT2D eigenvalue weighted by atomic mass is 10.0. The fourth-order valence-corrected chi connectivity index (χ4v) is 3.17. The molecule has 3 aromatic rings. The van der Waals surface area contributed by atoms with Crippen molar-refractivity contribution in [2.75, 3.05) is 26.6 Å². The molecule has 1 atom stereocenters. The second-order valence-electron chi connectivity index (χ2n) is 6.02. The van der Waals surface area contributed by atoms with Crippen molar-refractivity contribution in [1.82, 2.24) is 14.8 Å². The van der Waals surface area contributed by atoms with E-state index in [0.29, 0.717) is 17.4 Å². The molecule has 0 fully saturated rings. The summed E-state index contributed by atoms with van der Waals surface area (Å²) in [6, 6.07) is 13.6. The number of benzene rings is 2. The van der Waals surface area contributed by atoms with E-state index in [1.807, 2.05) is 47.1 Å². The van der Waals surface area contributed by atoms with Crippen LogP contribution in [0, 0.1) is 0 Å². The first kappa shape index (κ1) is 17.0. The SMILES string of the molecule is COc1cccc(C2=C[C@H](c3ccc(OC)c(OC)c3)n3ncnc3N2)c1. The average Bonchev–Trinajstić information content (AvgIpc) is 3.21. The van der Waals surface area contributed by atoms with Gasteiger partial charge in [-0.25, -0.2) is 4.68 Å². The van der Waals surface area contributed by atoms with E-state index in [-0.39, 0.29) is 6.04 Å². The molecular weight excluding hydrogens is 344 g/mol. The zero-order chi connectivity index (χ0) is 18.8. The van der Waals surface area contributed by atoms with Gasteiger partial charge >= 0.3 is 0 Å². The first-order valence-electron chi connectivity index (χ1n) is 8.48. The van der Waals surface area contributed by atoms with E-state index in [1.165, 1.54) is 0 Å². The van der Waals surface area contributed by atoms with Crippen LogP contribution < -0.4 is 19.5 Å². The first-order valence-corrected chi connectivity index (χ1v) is 8.48. The lowest BCUT2D eigenvalue weighted by Gasteiger charge is -2.25. The molecule has 1 aliphatic rings. The Morgan fingerprint density at radius 1 is 0.963 bits per heavy atom. The van der Waals surface area contributed by atoms with E-state index in [1.54, 1.807) is 27.7 Å². The molecule has 27 heavy (non-hydrogen) atoms. The molecule has 1 aliphatic heterocycles. The number of allylic oxidation sites excluding steroid dienone is 1. The quantitative estimate of drug-likeness (QED) is 0.749. The molecule has 0 saturated carbocycles. The molecule has 2 aromatic carbocycles. The van der Waals surface area contributed by atoms with E-state index < -0.39 is 0 Å². The van der Waals surface area contributed by atoms with Crippen molar-refractivity contribution in [1.29, 1.82) is 0 Å². The molecule has 0 aliphatic carbocycles. The second-order valence-corrected chi connectivity index (χ2v) is 6.02. The maximum Gasteiger partial charge on any atom is 0.226 e. The largest absolute Gasteiger partial charge is 0.497 e. The topological polar surface area (TPSA) is 70.4 Å². The number of nitrogens with zero attached hydrogens (tertiary/aromatic N) is 3. The molecule has 2 heterocycles. The van der Waals surface area contributed by atoms with E-state index in [0.717, 1.165) is 22.6 Å². The number of ether oxygens (including phenoxy) is 3. The third kappa shape index (κ3) is 3.08. The first-order chi connectivity index (χ1) is 13.2. The Kier molecular flexibility index (Phi) is 4.42. The highest BCUT2D eigenvalue weighted by Crippen LogP contribution is 2.36. The smallest absolute Gasteiger partial charge is 0.226 e. The van der Waals surface area contributed by atoms with Gasteiger partial charge in [0.2, 0.25) is 5.95 Å². The van der Waals surface area contributed by atoms with Crippen molar-refractivity contribution in [2.45, 2.75) is 6.04 Å². The highest BCUT2D eigenvalue weighted by Gasteiger charge is 2.24. The third-order valence-corrected chi connectivity index (χ3v) is 4.54. The van der Waals surface area contributed by atoms with Crippen LogP contribution in [0.15, 0.2) is 54.9 Å². The number of aromatic nitrogens is 3. The lowest BCUT2D eigenvalue weighted by Crippen LogP contribution is -2.20. The molecule has 7 heteroatoms. The molecule has 0 saturated heterocycles. The summed E-state index contributed by atoms with van der Waals surface area (Å²) >= 11 is 0. The molecule has 0 amide bonds. The molecule has 4 rings (SSSR count). The van der Waals surface area contributed by atoms with Gasteiger partial charge < -0.3 is 19.5 Å². The number of hydrogen-bond donors (Lipinski definition) is 1. The van der Waals surface area contributed by atoms with Gasteiger partial charge in [0, 0.05) is 11.3 Å². The maximum absolute atomic E-state index is 5.46. The van der Waals surface area contributed by atoms with Gasteiger partial charge in [-0.2, -0.15) is 10.1 Å². The fourth-order valence-electron chi connectivity index (χ4n) is 3.17. The van der Waals surface area contributed by atoms with Gasteiger partial charge in [0.1, 0.15) is 18.1 Å². The highest BCUT2D eigenvalue weighted by molar-refractivity contribution is 5.77. The van der Waals surface area contributed by atoms with Crippen LogP contribution in [0.2, 0.25) is 0 Å². The molecule has 0 bridgehead atoms. The predicted octanol–water partition coefficient (Wildman–Crippen LogP) is 3.36. The van der Waals surface area contributed by atoms with Crippen molar-refractivity contribution < 1.29 is 14.2 Å². The molecule has 1 N–H and O–H groups in total. The molecule has 0 unspecified atom stereocenters. The molecule has 7 nitrogen and oxygen atoms in total. The van der Waals surface area contributed by atoms with Crippen LogP contribution in [-0.4, -0.2) is 36.1 Å². The Morgan fingerprint density at radius 3 is 2.59 bits per heavy atom. The summed E-state index contributed by atoms with van der Waals surface area (Å²) in [5.41, 5.74) is 2.96. The van der Waals surface area contributed by atoms with E-state index in [9.17, 15) is 0 Å². The molecule has 0 radical (unpaired) electrons. The summed E-state index contributed by atoms with van der Waals surface area (Å²) in [4.78, 5) is 4.34. The Labute approximate surface area is 157 Å². The zero-order valence-electron chi connectivity index (χ0n) is 15.3. The van der Waals surface area contributed by atoms with Crippen molar-refractivity contribution >= 4 is 11.6 Å². The highest BCUT2D eigenvalue weighted by atomic mass is 16.5. The maximum atomic E-state index is 5.46. The van der Waals surface area contributed by atoms with Crippen molar-refractivity contribution in [3.8, 4) is 17.2 Å². The third-order valence-electron chi connectivity index (χ3n) is 4.54. The van der Waals surface area contributed by atoms with Gasteiger partial charge in [0.05, 0.1) is 21.3 Å². The molecule has 138 valence electrons. The summed E-state index contributed by atoms with van der Waals surface area (Å²) in [6.45, 7) is 0. The Bertz CT molecular complexity index is 996. The van der Waals surface area contributed by atoms with Crippen molar-refractivity contribution in [2.24, 2.45) is 0 Å². The number of fused-ring (bicyclic) bond motifs is 1. The van der Waals surface area contributed by atoms with Crippen LogP contribution in [0.3, 0.4) is 0 Å². The summed E-state index contributed by atoms with van der Waals surface area (Å²) < 4.78 is 18.0. The molecular formula is C20H20N4O3.